The van der Waals surface area contributed by atoms with Gasteiger partial charge in [-0.05, 0) is 11.6 Å². The summed E-state index contributed by atoms with van der Waals surface area (Å²) in [5.41, 5.74) is 2.60. The molecular weight excluding hydrogens is 124 g/mol. The van der Waals surface area contributed by atoms with Crippen molar-refractivity contribution in [3.8, 4) is 0 Å². The van der Waals surface area contributed by atoms with Gasteiger partial charge in [-0.2, -0.15) is 0 Å². The van der Waals surface area contributed by atoms with Crippen LogP contribution in [-0.2, 0) is 0 Å². The van der Waals surface area contributed by atoms with Gasteiger partial charge in [0.2, 0.25) is 0 Å². The molecule has 0 spiro atoms. The van der Waals surface area contributed by atoms with E-state index in [1.807, 2.05) is 18.5 Å². The fourth-order valence-corrected chi connectivity index (χ4v) is 1.33. The minimum absolute atomic E-state index is 0.628. The van der Waals surface area contributed by atoms with E-state index in [2.05, 4.69) is 17.2 Å². The predicted octanol–water partition coefficient (Wildman–Crippen LogP) is 1.61. The Morgan fingerprint density at radius 2 is 2.60 bits per heavy atom. The Bertz CT molecular complexity index is 245. The van der Waals surface area contributed by atoms with Gasteiger partial charge in [0.1, 0.15) is 0 Å². The van der Waals surface area contributed by atoms with Gasteiger partial charge in [0, 0.05) is 30.5 Å². The zero-order chi connectivity index (χ0) is 6.97. The van der Waals surface area contributed by atoms with Crippen LogP contribution in [0.4, 0.5) is 5.69 Å². The predicted molar refractivity (Wildman–Crippen MR) is 41.1 cm³/mol. The zero-order valence-corrected chi connectivity index (χ0v) is 5.96. The number of pyridine rings is 1. The van der Waals surface area contributed by atoms with Gasteiger partial charge in [0.05, 0.1) is 0 Å². The van der Waals surface area contributed by atoms with Gasteiger partial charge in [0.25, 0.3) is 0 Å². The third-order valence-electron chi connectivity index (χ3n) is 1.98. The number of aromatic nitrogens is 1. The molecule has 2 rings (SSSR count). The minimum Gasteiger partial charge on any atom is -0.384 e. The lowest BCUT2D eigenvalue weighted by Gasteiger charge is -1.98. The summed E-state index contributed by atoms with van der Waals surface area (Å²) in [6.45, 7) is 3.27. The van der Waals surface area contributed by atoms with Gasteiger partial charge < -0.3 is 5.32 Å². The number of anilines is 1. The average molecular weight is 134 g/mol. The first kappa shape index (κ1) is 5.71. The van der Waals surface area contributed by atoms with E-state index in [0.717, 1.165) is 6.54 Å². The van der Waals surface area contributed by atoms with E-state index in [-0.39, 0.29) is 0 Å². The van der Waals surface area contributed by atoms with Crippen molar-refractivity contribution in [2.24, 2.45) is 0 Å². The zero-order valence-electron chi connectivity index (χ0n) is 5.96. The fourth-order valence-electron chi connectivity index (χ4n) is 1.33. The van der Waals surface area contributed by atoms with Gasteiger partial charge in [-0.25, -0.2) is 0 Å². The van der Waals surface area contributed by atoms with Gasteiger partial charge in [-0.1, -0.05) is 6.92 Å². The molecule has 0 saturated carbocycles. The first-order chi connectivity index (χ1) is 4.88. The van der Waals surface area contributed by atoms with Crippen LogP contribution in [0.5, 0.6) is 0 Å². The second-order valence-corrected chi connectivity index (χ2v) is 2.74. The van der Waals surface area contributed by atoms with Crippen LogP contribution in [0.2, 0.25) is 0 Å². The Balaban J connectivity index is 2.51. The average Bonchev–Trinajstić information content (AvgIpc) is 2.34. The van der Waals surface area contributed by atoms with E-state index >= 15 is 0 Å². The van der Waals surface area contributed by atoms with Crippen LogP contribution < -0.4 is 5.32 Å². The first-order valence-electron chi connectivity index (χ1n) is 3.55. The molecule has 2 heteroatoms. The maximum absolute atomic E-state index is 4.07. The SMILES string of the molecule is CC1CNc2ccncc21. The molecule has 1 N–H and O–H groups in total. The normalized spacial score (nSPS) is 21.9. The van der Waals surface area contributed by atoms with Crippen LogP contribution in [0, 0.1) is 0 Å². The first-order valence-corrected chi connectivity index (χ1v) is 3.55. The molecule has 1 aromatic heterocycles. The van der Waals surface area contributed by atoms with Gasteiger partial charge in [-0.15, -0.1) is 0 Å². The second kappa shape index (κ2) is 1.97. The van der Waals surface area contributed by atoms with E-state index in [0.29, 0.717) is 5.92 Å². The van der Waals surface area contributed by atoms with Crippen LogP contribution in [0.1, 0.15) is 18.4 Å². The molecule has 1 unspecified atom stereocenters. The molecule has 1 aliphatic rings. The smallest absolute Gasteiger partial charge is 0.0407 e. The van der Waals surface area contributed by atoms with Crippen LogP contribution in [0.15, 0.2) is 18.5 Å². The number of nitrogens with zero attached hydrogens (tertiary/aromatic N) is 1. The molecule has 0 aliphatic carbocycles. The standard InChI is InChI=1S/C8H10N2/c1-6-4-10-8-2-3-9-5-7(6)8/h2-3,5-6,10H,4H2,1H3. The van der Waals surface area contributed by atoms with E-state index in [1.54, 1.807) is 0 Å². The highest BCUT2D eigenvalue weighted by Gasteiger charge is 2.16. The lowest BCUT2D eigenvalue weighted by atomic mass is 10.1. The van der Waals surface area contributed by atoms with E-state index in [9.17, 15) is 0 Å². The van der Waals surface area contributed by atoms with E-state index < -0.39 is 0 Å². The maximum Gasteiger partial charge on any atom is 0.0407 e. The monoisotopic (exact) mass is 134 g/mol. The van der Waals surface area contributed by atoms with E-state index in [4.69, 9.17) is 0 Å². The number of nitrogens with one attached hydrogen (secondary N) is 1. The molecule has 2 heterocycles. The third kappa shape index (κ3) is 0.685. The summed E-state index contributed by atoms with van der Waals surface area (Å²) in [6.07, 6.45) is 3.77. The van der Waals surface area contributed by atoms with Crippen molar-refractivity contribution in [2.75, 3.05) is 11.9 Å². The molecule has 0 aromatic carbocycles. The summed E-state index contributed by atoms with van der Waals surface area (Å²) in [5, 5.41) is 3.31. The van der Waals surface area contributed by atoms with Crippen molar-refractivity contribution in [1.82, 2.24) is 4.98 Å². The summed E-state index contributed by atoms with van der Waals surface area (Å²) in [7, 11) is 0. The molecule has 0 amide bonds. The van der Waals surface area contributed by atoms with Gasteiger partial charge in [0.15, 0.2) is 0 Å². The van der Waals surface area contributed by atoms with Gasteiger partial charge in [-0.3, -0.25) is 4.98 Å². The van der Waals surface area contributed by atoms with Crippen LogP contribution in [0.3, 0.4) is 0 Å². The lowest BCUT2D eigenvalue weighted by molar-refractivity contribution is 0.849. The van der Waals surface area contributed by atoms with E-state index in [1.165, 1.54) is 11.3 Å². The molecule has 1 aromatic rings. The lowest BCUT2D eigenvalue weighted by Crippen LogP contribution is -1.95. The highest BCUT2D eigenvalue weighted by Crippen LogP contribution is 2.28. The number of hydrogen-bond donors (Lipinski definition) is 1. The molecule has 0 saturated heterocycles. The minimum atomic E-state index is 0.628. The molecule has 0 radical (unpaired) electrons. The molecule has 0 bridgehead atoms. The summed E-state index contributed by atoms with van der Waals surface area (Å²) >= 11 is 0. The summed E-state index contributed by atoms with van der Waals surface area (Å²) in [5.74, 6) is 0.628. The summed E-state index contributed by atoms with van der Waals surface area (Å²) in [6, 6.07) is 2.03. The van der Waals surface area contributed by atoms with Crippen molar-refractivity contribution in [3.05, 3.63) is 24.0 Å². The highest BCUT2D eigenvalue weighted by atomic mass is 14.9. The Hall–Kier alpha value is -1.05. The maximum atomic E-state index is 4.07. The molecular formula is C8H10N2. The van der Waals surface area contributed by atoms with Crippen LogP contribution in [-0.4, -0.2) is 11.5 Å². The third-order valence-corrected chi connectivity index (χ3v) is 1.98. The Kier molecular flexibility index (Phi) is 1.13. The Morgan fingerprint density at radius 1 is 1.70 bits per heavy atom. The fraction of sp³-hybridized carbons (Fsp3) is 0.375. The van der Waals surface area contributed by atoms with Crippen LogP contribution in [0.25, 0.3) is 0 Å². The largest absolute Gasteiger partial charge is 0.384 e. The quantitative estimate of drug-likeness (QED) is 0.583. The molecule has 2 nitrogen and oxygen atoms in total. The Labute approximate surface area is 60.3 Å². The van der Waals surface area contributed by atoms with Crippen molar-refractivity contribution >= 4 is 5.69 Å². The van der Waals surface area contributed by atoms with Crippen molar-refractivity contribution < 1.29 is 0 Å². The topological polar surface area (TPSA) is 24.9 Å². The highest BCUT2D eigenvalue weighted by molar-refractivity contribution is 5.55. The molecule has 0 fully saturated rings. The Morgan fingerprint density at radius 3 is 3.40 bits per heavy atom. The molecule has 1 atom stereocenters. The summed E-state index contributed by atoms with van der Waals surface area (Å²) in [4.78, 5) is 4.07. The molecule has 52 valence electrons. The van der Waals surface area contributed by atoms with Crippen molar-refractivity contribution in [2.45, 2.75) is 12.8 Å². The van der Waals surface area contributed by atoms with Gasteiger partial charge >= 0.3 is 0 Å². The van der Waals surface area contributed by atoms with Crippen molar-refractivity contribution in [3.63, 3.8) is 0 Å². The van der Waals surface area contributed by atoms with Crippen molar-refractivity contribution in [1.29, 1.82) is 0 Å². The number of fused-ring (bicyclic) bond motifs is 1. The van der Waals surface area contributed by atoms with Crippen LogP contribution >= 0.6 is 0 Å². The molecule has 10 heavy (non-hydrogen) atoms. The number of rotatable bonds is 0. The number of hydrogen-bond acceptors (Lipinski definition) is 2. The second-order valence-electron chi connectivity index (χ2n) is 2.74. The summed E-state index contributed by atoms with van der Waals surface area (Å²) < 4.78 is 0. The molecule has 1 aliphatic heterocycles.